The first-order valence-electron chi connectivity index (χ1n) is 7.42. The summed E-state index contributed by atoms with van der Waals surface area (Å²) < 4.78 is 0. The van der Waals surface area contributed by atoms with Crippen molar-refractivity contribution in [1.29, 1.82) is 5.26 Å². The maximum atomic E-state index is 11.2. The molecule has 0 aliphatic carbocycles. The third-order valence-electron chi connectivity index (χ3n) is 4.30. The van der Waals surface area contributed by atoms with Crippen LogP contribution in [0.5, 0.6) is 0 Å². The van der Waals surface area contributed by atoms with Crippen LogP contribution in [0.15, 0.2) is 23.3 Å². The number of hydrogen-bond donors (Lipinski definition) is 1. The van der Waals surface area contributed by atoms with Crippen molar-refractivity contribution in [2.24, 2.45) is 5.10 Å². The molecule has 1 heterocycles. The highest BCUT2D eigenvalue weighted by atomic mass is 16.2. The van der Waals surface area contributed by atoms with Crippen molar-refractivity contribution >= 4 is 17.8 Å². The van der Waals surface area contributed by atoms with Crippen molar-refractivity contribution in [3.05, 3.63) is 29.3 Å². The molecule has 0 bridgehead atoms. The third kappa shape index (κ3) is 3.28. The van der Waals surface area contributed by atoms with Crippen LogP contribution in [-0.4, -0.2) is 24.7 Å². The molecule has 5 heteroatoms. The number of amides is 1. The van der Waals surface area contributed by atoms with Crippen molar-refractivity contribution in [3.63, 3.8) is 0 Å². The first-order valence-corrected chi connectivity index (χ1v) is 7.42. The monoisotopic (exact) mass is 298 g/mol. The molecule has 0 fully saturated rings. The second-order valence-electron chi connectivity index (χ2n) is 6.42. The Morgan fingerprint density at radius 2 is 2.32 bits per heavy atom. The Morgan fingerprint density at radius 1 is 1.59 bits per heavy atom. The average Bonchev–Trinajstić information content (AvgIpc) is 2.45. The van der Waals surface area contributed by atoms with Crippen LogP contribution in [0.2, 0.25) is 0 Å². The van der Waals surface area contributed by atoms with Gasteiger partial charge in [0.25, 0.3) is 5.91 Å². The van der Waals surface area contributed by atoms with Gasteiger partial charge in [-0.3, -0.25) is 4.79 Å². The minimum Gasteiger partial charge on any atom is -0.369 e. The molecule has 5 nitrogen and oxygen atoms in total. The van der Waals surface area contributed by atoms with Gasteiger partial charge in [0.1, 0.15) is 6.42 Å². The van der Waals surface area contributed by atoms with E-state index in [0.29, 0.717) is 5.92 Å². The summed E-state index contributed by atoms with van der Waals surface area (Å²) in [6, 6.07) is 7.99. The van der Waals surface area contributed by atoms with Crippen LogP contribution in [0.1, 0.15) is 50.7 Å². The molecule has 0 saturated heterocycles. The molecule has 0 aromatic heterocycles. The number of nitrogens with zero attached hydrogens (tertiary/aromatic N) is 3. The van der Waals surface area contributed by atoms with Gasteiger partial charge in [-0.15, -0.1) is 0 Å². The Hall–Kier alpha value is -2.35. The van der Waals surface area contributed by atoms with Gasteiger partial charge in [-0.1, -0.05) is 13.0 Å². The van der Waals surface area contributed by atoms with Crippen LogP contribution in [0.4, 0.5) is 5.69 Å². The van der Waals surface area contributed by atoms with E-state index in [-0.39, 0.29) is 12.0 Å². The normalized spacial score (nSPS) is 19.6. The molecular weight excluding hydrogens is 276 g/mol. The maximum Gasteiger partial charge on any atom is 0.254 e. The molecule has 1 aliphatic rings. The summed E-state index contributed by atoms with van der Waals surface area (Å²) in [4.78, 5) is 13.5. The molecular formula is C17H22N4O. The van der Waals surface area contributed by atoms with E-state index in [0.717, 1.165) is 12.0 Å². The van der Waals surface area contributed by atoms with Gasteiger partial charge in [-0.05, 0) is 49.4 Å². The number of nitrogens with one attached hydrogen (secondary N) is 1. The second-order valence-corrected chi connectivity index (χ2v) is 6.42. The number of carbonyl (C=O) groups excluding carboxylic acids is 1. The Morgan fingerprint density at radius 3 is 3.00 bits per heavy atom. The van der Waals surface area contributed by atoms with Crippen LogP contribution in [0.25, 0.3) is 0 Å². The van der Waals surface area contributed by atoms with Gasteiger partial charge in [0, 0.05) is 18.3 Å². The highest BCUT2D eigenvalue weighted by Gasteiger charge is 2.33. The Balaban J connectivity index is 2.19. The van der Waals surface area contributed by atoms with Crippen LogP contribution in [0, 0.1) is 11.3 Å². The molecule has 1 aromatic rings. The van der Waals surface area contributed by atoms with Crippen molar-refractivity contribution in [2.45, 2.75) is 45.1 Å². The first kappa shape index (κ1) is 16.0. The smallest absolute Gasteiger partial charge is 0.254 e. The number of anilines is 1. The molecule has 0 saturated carbocycles. The molecule has 0 radical (unpaired) electrons. The molecule has 1 amide bonds. The van der Waals surface area contributed by atoms with E-state index in [1.807, 2.05) is 6.07 Å². The van der Waals surface area contributed by atoms with Gasteiger partial charge in [-0.25, -0.2) is 5.43 Å². The molecule has 2 rings (SSSR count). The standard InChI is InChI=1S/C17H22N4O/c1-12-10-17(2,3)21(4)15-6-5-13(9-14(12)15)11-19-20-16(22)7-8-18/h5-6,9,11-12H,7,10H2,1-4H3,(H,20,22)/b19-11-. The van der Waals surface area contributed by atoms with Gasteiger partial charge in [0.15, 0.2) is 0 Å². The summed E-state index contributed by atoms with van der Waals surface area (Å²) in [5, 5.41) is 12.3. The molecule has 1 unspecified atom stereocenters. The fourth-order valence-electron chi connectivity index (χ4n) is 2.97. The molecule has 1 atom stereocenters. The molecule has 22 heavy (non-hydrogen) atoms. The highest BCUT2D eigenvalue weighted by Crippen LogP contribution is 2.42. The summed E-state index contributed by atoms with van der Waals surface area (Å²) in [6.07, 6.45) is 2.52. The Bertz CT molecular complexity index is 643. The third-order valence-corrected chi connectivity index (χ3v) is 4.30. The van der Waals surface area contributed by atoms with Crippen molar-refractivity contribution in [1.82, 2.24) is 5.43 Å². The van der Waals surface area contributed by atoms with E-state index in [4.69, 9.17) is 5.26 Å². The molecule has 1 aliphatic heterocycles. The summed E-state index contributed by atoms with van der Waals surface area (Å²) in [7, 11) is 2.13. The topological polar surface area (TPSA) is 68.5 Å². The van der Waals surface area contributed by atoms with Gasteiger partial charge < -0.3 is 4.90 Å². The lowest BCUT2D eigenvalue weighted by Crippen LogP contribution is -2.45. The van der Waals surface area contributed by atoms with Gasteiger partial charge in [0.05, 0.1) is 12.3 Å². The molecule has 116 valence electrons. The van der Waals surface area contributed by atoms with E-state index in [2.05, 4.69) is 55.4 Å². The lowest BCUT2D eigenvalue weighted by Gasteiger charge is -2.45. The average molecular weight is 298 g/mol. The van der Waals surface area contributed by atoms with Crippen molar-refractivity contribution < 1.29 is 4.79 Å². The van der Waals surface area contributed by atoms with Crippen LogP contribution in [-0.2, 0) is 4.79 Å². The van der Waals surface area contributed by atoms with E-state index in [1.54, 1.807) is 12.3 Å². The fraction of sp³-hybridized carbons (Fsp3) is 0.471. The van der Waals surface area contributed by atoms with Crippen molar-refractivity contribution in [3.8, 4) is 6.07 Å². The fourth-order valence-corrected chi connectivity index (χ4v) is 2.97. The Labute approximate surface area is 131 Å². The number of carbonyl (C=O) groups is 1. The SMILES string of the molecule is CC1CC(C)(C)N(C)c2ccc(/C=N\NC(=O)CC#N)cc21. The number of benzene rings is 1. The lowest BCUT2D eigenvalue weighted by atomic mass is 9.80. The van der Waals surface area contributed by atoms with Crippen LogP contribution < -0.4 is 10.3 Å². The zero-order valence-electron chi connectivity index (χ0n) is 13.6. The minimum atomic E-state index is -0.397. The van der Waals surface area contributed by atoms with E-state index in [9.17, 15) is 4.79 Å². The summed E-state index contributed by atoms with van der Waals surface area (Å²) in [6.45, 7) is 6.75. The zero-order chi connectivity index (χ0) is 16.3. The number of fused-ring (bicyclic) bond motifs is 1. The van der Waals surface area contributed by atoms with Crippen molar-refractivity contribution in [2.75, 3.05) is 11.9 Å². The summed E-state index contributed by atoms with van der Waals surface area (Å²) in [5.74, 6) is 0.0780. The van der Waals surface area contributed by atoms with Crippen LogP contribution >= 0.6 is 0 Å². The molecule has 1 N–H and O–H groups in total. The van der Waals surface area contributed by atoms with E-state index < -0.39 is 5.91 Å². The number of rotatable bonds is 3. The summed E-state index contributed by atoms with van der Waals surface area (Å²) in [5.41, 5.74) is 5.97. The largest absolute Gasteiger partial charge is 0.369 e. The highest BCUT2D eigenvalue weighted by molar-refractivity contribution is 5.84. The first-order chi connectivity index (χ1) is 10.3. The molecule has 1 aromatic carbocycles. The van der Waals surface area contributed by atoms with Gasteiger partial charge >= 0.3 is 0 Å². The predicted molar refractivity (Wildman–Crippen MR) is 87.9 cm³/mol. The quantitative estimate of drug-likeness (QED) is 0.689. The number of nitriles is 1. The number of hydrogen-bond acceptors (Lipinski definition) is 4. The van der Waals surface area contributed by atoms with Gasteiger partial charge in [-0.2, -0.15) is 10.4 Å². The number of hydrazone groups is 1. The predicted octanol–water partition coefficient (Wildman–Crippen LogP) is 2.77. The zero-order valence-corrected chi connectivity index (χ0v) is 13.6. The Kier molecular flexibility index (Phi) is 4.51. The molecule has 0 spiro atoms. The van der Waals surface area contributed by atoms with Crippen LogP contribution in [0.3, 0.4) is 0 Å². The summed E-state index contributed by atoms with van der Waals surface area (Å²) >= 11 is 0. The minimum absolute atomic E-state index is 0.146. The second kappa shape index (κ2) is 6.18. The van der Waals surface area contributed by atoms with Gasteiger partial charge in [0.2, 0.25) is 0 Å². The lowest BCUT2D eigenvalue weighted by molar-refractivity contribution is -0.120. The van der Waals surface area contributed by atoms with E-state index >= 15 is 0 Å². The van der Waals surface area contributed by atoms with E-state index in [1.165, 1.54) is 11.3 Å². The maximum absolute atomic E-state index is 11.2.